The van der Waals surface area contributed by atoms with E-state index < -0.39 is 0 Å². The normalized spacial score (nSPS) is 18.1. The Hall–Kier alpha value is -2.89. The van der Waals surface area contributed by atoms with Crippen molar-refractivity contribution in [3.8, 4) is 5.75 Å². The number of benzene rings is 1. The summed E-state index contributed by atoms with van der Waals surface area (Å²) in [4.78, 5) is 33.4. The molecule has 2 amide bonds. The number of ether oxygens (including phenoxy) is 1. The van der Waals surface area contributed by atoms with E-state index in [-0.39, 0.29) is 17.2 Å². The summed E-state index contributed by atoms with van der Waals surface area (Å²) in [6.07, 6.45) is 3.10. The Morgan fingerprint density at radius 3 is 2.43 bits per heavy atom. The molecule has 0 radical (unpaired) electrons. The number of carbonyl (C=O) groups excluding carboxylic acids is 2. The molecule has 146 valence electrons. The van der Waals surface area contributed by atoms with E-state index in [0.29, 0.717) is 25.2 Å². The lowest BCUT2D eigenvalue weighted by atomic mass is 9.71. The fraction of sp³-hybridized carbons (Fsp3) is 0.409. The lowest BCUT2D eigenvalue weighted by Gasteiger charge is -2.52. The SMILES string of the molecule is COc1ccc(CN2CC3(CCN(C(=O)c4ccc(C)nc4)CC3)C2=O)cc1. The molecule has 1 aromatic heterocycles. The van der Waals surface area contributed by atoms with Crippen molar-refractivity contribution < 1.29 is 14.3 Å². The minimum absolute atomic E-state index is 0.00390. The first-order valence-corrected chi connectivity index (χ1v) is 9.65. The molecule has 3 heterocycles. The molecule has 2 aliphatic rings. The number of amides is 2. The zero-order valence-corrected chi connectivity index (χ0v) is 16.4. The Balaban J connectivity index is 1.32. The van der Waals surface area contributed by atoms with Crippen LogP contribution < -0.4 is 4.74 Å². The molecule has 2 aliphatic heterocycles. The van der Waals surface area contributed by atoms with Gasteiger partial charge < -0.3 is 14.5 Å². The molecule has 2 saturated heterocycles. The van der Waals surface area contributed by atoms with Crippen molar-refractivity contribution in [1.82, 2.24) is 14.8 Å². The van der Waals surface area contributed by atoms with Crippen LogP contribution in [0.3, 0.4) is 0 Å². The van der Waals surface area contributed by atoms with Crippen LogP contribution in [0.1, 0.15) is 34.5 Å². The summed E-state index contributed by atoms with van der Waals surface area (Å²) >= 11 is 0. The second-order valence-corrected chi connectivity index (χ2v) is 7.77. The van der Waals surface area contributed by atoms with Crippen LogP contribution in [0.25, 0.3) is 0 Å². The minimum Gasteiger partial charge on any atom is -0.497 e. The maximum absolute atomic E-state index is 12.8. The summed E-state index contributed by atoms with van der Waals surface area (Å²) in [6, 6.07) is 11.5. The summed E-state index contributed by atoms with van der Waals surface area (Å²) in [6.45, 7) is 4.54. The average molecular weight is 379 g/mol. The first-order valence-electron chi connectivity index (χ1n) is 9.65. The lowest BCUT2D eigenvalue weighted by molar-refractivity contribution is -0.165. The number of rotatable bonds is 4. The van der Waals surface area contributed by atoms with Gasteiger partial charge in [-0.05, 0) is 49.6 Å². The quantitative estimate of drug-likeness (QED) is 0.767. The third-order valence-corrected chi connectivity index (χ3v) is 5.93. The number of aromatic nitrogens is 1. The van der Waals surface area contributed by atoms with Gasteiger partial charge in [0, 0.05) is 38.1 Å². The Morgan fingerprint density at radius 1 is 1.14 bits per heavy atom. The Kier molecular flexibility index (Phi) is 4.79. The van der Waals surface area contributed by atoms with Crippen LogP contribution in [0, 0.1) is 12.3 Å². The van der Waals surface area contributed by atoms with Crippen LogP contribution >= 0.6 is 0 Å². The zero-order valence-electron chi connectivity index (χ0n) is 16.4. The molecule has 6 heteroatoms. The van der Waals surface area contributed by atoms with Gasteiger partial charge in [-0.15, -0.1) is 0 Å². The number of carbonyl (C=O) groups is 2. The van der Waals surface area contributed by atoms with Crippen molar-refractivity contribution in [2.75, 3.05) is 26.7 Å². The first-order chi connectivity index (χ1) is 13.5. The molecule has 0 unspecified atom stereocenters. The van der Waals surface area contributed by atoms with Crippen molar-refractivity contribution in [1.29, 1.82) is 0 Å². The van der Waals surface area contributed by atoms with Gasteiger partial charge in [0.25, 0.3) is 5.91 Å². The van der Waals surface area contributed by atoms with Gasteiger partial charge in [0.05, 0.1) is 18.1 Å². The number of piperidine rings is 1. The van der Waals surface area contributed by atoms with E-state index >= 15 is 0 Å². The van der Waals surface area contributed by atoms with Crippen molar-refractivity contribution in [3.63, 3.8) is 0 Å². The smallest absolute Gasteiger partial charge is 0.255 e. The molecule has 2 aromatic rings. The third kappa shape index (κ3) is 3.35. The molecule has 0 atom stereocenters. The highest BCUT2D eigenvalue weighted by Crippen LogP contribution is 2.42. The van der Waals surface area contributed by atoms with E-state index in [9.17, 15) is 9.59 Å². The fourth-order valence-electron chi connectivity index (χ4n) is 4.11. The van der Waals surface area contributed by atoms with E-state index in [0.717, 1.165) is 36.4 Å². The molecule has 4 rings (SSSR count). The summed E-state index contributed by atoms with van der Waals surface area (Å²) in [7, 11) is 1.64. The highest BCUT2D eigenvalue weighted by molar-refractivity contribution is 5.94. The van der Waals surface area contributed by atoms with Crippen LogP contribution in [0.4, 0.5) is 0 Å². The second kappa shape index (κ2) is 7.26. The largest absolute Gasteiger partial charge is 0.497 e. The van der Waals surface area contributed by atoms with Crippen molar-refractivity contribution >= 4 is 11.8 Å². The average Bonchev–Trinajstić information content (AvgIpc) is 2.74. The maximum Gasteiger partial charge on any atom is 0.255 e. The predicted octanol–water partition coefficient (Wildman–Crippen LogP) is 2.66. The standard InChI is InChI=1S/C22H25N3O3/c1-16-3-6-18(13-23-16)20(26)24-11-9-22(10-12-24)15-25(21(22)27)14-17-4-7-19(28-2)8-5-17/h3-8,13H,9-12,14-15H2,1-2H3. The molecule has 6 nitrogen and oxygen atoms in total. The van der Waals surface area contributed by atoms with Gasteiger partial charge in [0.1, 0.15) is 5.75 Å². The van der Waals surface area contributed by atoms with Crippen LogP contribution in [-0.4, -0.2) is 53.3 Å². The number of hydrogen-bond donors (Lipinski definition) is 0. The van der Waals surface area contributed by atoms with Gasteiger partial charge in [-0.1, -0.05) is 12.1 Å². The Morgan fingerprint density at radius 2 is 1.86 bits per heavy atom. The van der Waals surface area contributed by atoms with E-state index in [2.05, 4.69) is 4.98 Å². The maximum atomic E-state index is 12.8. The van der Waals surface area contributed by atoms with Crippen LogP contribution in [0.2, 0.25) is 0 Å². The molecule has 0 aliphatic carbocycles. The highest BCUT2D eigenvalue weighted by atomic mass is 16.5. The van der Waals surface area contributed by atoms with Crippen LogP contribution in [0.15, 0.2) is 42.6 Å². The van der Waals surface area contributed by atoms with E-state index in [4.69, 9.17) is 4.74 Å². The number of pyridine rings is 1. The lowest BCUT2D eigenvalue weighted by Crippen LogP contribution is -2.64. The number of β-lactam (4-membered cyclic amide) rings is 1. The monoisotopic (exact) mass is 379 g/mol. The number of hydrogen-bond acceptors (Lipinski definition) is 4. The molecule has 1 spiro atoms. The minimum atomic E-state index is -0.283. The molecule has 0 N–H and O–H groups in total. The van der Waals surface area contributed by atoms with Gasteiger partial charge in [-0.2, -0.15) is 0 Å². The molecule has 1 aromatic carbocycles. The molecule has 0 bridgehead atoms. The van der Waals surface area contributed by atoms with Gasteiger partial charge in [-0.25, -0.2) is 0 Å². The molecular weight excluding hydrogens is 354 g/mol. The molecular formula is C22H25N3O3. The summed E-state index contributed by atoms with van der Waals surface area (Å²) < 4.78 is 5.18. The van der Waals surface area contributed by atoms with Gasteiger partial charge >= 0.3 is 0 Å². The number of nitrogens with zero attached hydrogens (tertiary/aromatic N) is 3. The van der Waals surface area contributed by atoms with Crippen molar-refractivity contribution in [2.45, 2.75) is 26.3 Å². The van der Waals surface area contributed by atoms with Crippen LogP contribution in [-0.2, 0) is 11.3 Å². The third-order valence-electron chi connectivity index (χ3n) is 5.93. The Labute approximate surface area is 165 Å². The van der Waals surface area contributed by atoms with Gasteiger partial charge in [0.15, 0.2) is 0 Å². The summed E-state index contributed by atoms with van der Waals surface area (Å²) in [5, 5.41) is 0. The van der Waals surface area contributed by atoms with Gasteiger partial charge in [0.2, 0.25) is 5.91 Å². The number of likely N-dealkylation sites (tertiary alicyclic amines) is 2. The zero-order chi connectivity index (χ0) is 19.7. The molecule has 28 heavy (non-hydrogen) atoms. The summed E-state index contributed by atoms with van der Waals surface area (Å²) in [5.74, 6) is 1.03. The fourth-order valence-corrected chi connectivity index (χ4v) is 4.11. The van der Waals surface area contributed by atoms with Crippen molar-refractivity contribution in [2.24, 2.45) is 5.41 Å². The van der Waals surface area contributed by atoms with E-state index in [1.165, 1.54) is 0 Å². The number of methoxy groups -OCH3 is 1. The van der Waals surface area contributed by atoms with Crippen LogP contribution in [0.5, 0.6) is 5.75 Å². The topological polar surface area (TPSA) is 62.7 Å². The Bertz CT molecular complexity index is 869. The molecule has 0 saturated carbocycles. The molecule has 2 fully saturated rings. The van der Waals surface area contributed by atoms with Crippen molar-refractivity contribution in [3.05, 3.63) is 59.4 Å². The number of aryl methyl sites for hydroxylation is 1. The summed E-state index contributed by atoms with van der Waals surface area (Å²) in [5.41, 5.74) is 2.33. The van der Waals surface area contributed by atoms with Gasteiger partial charge in [-0.3, -0.25) is 14.6 Å². The van der Waals surface area contributed by atoms with E-state index in [1.54, 1.807) is 13.3 Å². The predicted molar refractivity (Wildman–Crippen MR) is 105 cm³/mol. The highest BCUT2D eigenvalue weighted by Gasteiger charge is 2.53. The first kappa shape index (κ1) is 18.5. The second-order valence-electron chi connectivity index (χ2n) is 7.77. The van der Waals surface area contributed by atoms with E-state index in [1.807, 2.05) is 53.1 Å².